The standard InChI is InChI=1S/C25H22N2O4S/c1-3-31-19-14-12-18(13-15-19)27-24(28)22(26-17-8-7-9-20(16-17)30-2)23(25(27)29)32-21-10-5-4-6-11-21/h4-16,26H,3H2,1-2H3. The molecule has 3 aromatic rings. The molecule has 0 aliphatic carbocycles. The molecule has 2 amide bonds. The second-order valence-electron chi connectivity index (χ2n) is 6.85. The van der Waals surface area contributed by atoms with Gasteiger partial charge in [0.25, 0.3) is 11.8 Å². The van der Waals surface area contributed by atoms with Crippen LogP contribution in [0.3, 0.4) is 0 Å². The van der Waals surface area contributed by atoms with E-state index in [4.69, 9.17) is 9.47 Å². The quantitative estimate of drug-likeness (QED) is 0.487. The number of methoxy groups -OCH3 is 1. The summed E-state index contributed by atoms with van der Waals surface area (Å²) in [4.78, 5) is 29.2. The summed E-state index contributed by atoms with van der Waals surface area (Å²) in [5.41, 5.74) is 1.36. The zero-order chi connectivity index (χ0) is 22.5. The lowest BCUT2D eigenvalue weighted by Gasteiger charge is -2.16. The lowest BCUT2D eigenvalue weighted by molar-refractivity contribution is -0.120. The number of imide groups is 1. The third kappa shape index (κ3) is 4.48. The van der Waals surface area contributed by atoms with Gasteiger partial charge in [0, 0.05) is 16.6 Å². The molecular weight excluding hydrogens is 424 g/mol. The fraction of sp³-hybridized carbons (Fsp3) is 0.120. The third-order valence-corrected chi connectivity index (χ3v) is 5.84. The molecule has 6 nitrogen and oxygen atoms in total. The number of hydrogen-bond acceptors (Lipinski definition) is 6. The smallest absolute Gasteiger partial charge is 0.283 e. The van der Waals surface area contributed by atoms with Crippen LogP contribution in [0.15, 0.2) is 94.4 Å². The highest BCUT2D eigenvalue weighted by molar-refractivity contribution is 8.04. The Bertz CT molecular complexity index is 1160. The zero-order valence-corrected chi connectivity index (χ0v) is 18.5. The Morgan fingerprint density at radius 2 is 1.62 bits per heavy atom. The minimum Gasteiger partial charge on any atom is -0.497 e. The fourth-order valence-electron chi connectivity index (χ4n) is 3.26. The van der Waals surface area contributed by atoms with Gasteiger partial charge in [-0.15, -0.1) is 0 Å². The number of anilines is 2. The monoisotopic (exact) mass is 446 g/mol. The van der Waals surface area contributed by atoms with E-state index in [0.717, 1.165) is 4.90 Å². The number of carbonyl (C=O) groups excluding carboxylic acids is 2. The van der Waals surface area contributed by atoms with Crippen molar-refractivity contribution in [2.45, 2.75) is 11.8 Å². The molecule has 4 rings (SSSR count). The van der Waals surface area contributed by atoms with Crippen LogP contribution in [0.4, 0.5) is 11.4 Å². The second kappa shape index (κ2) is 9.62. The van der Waals surface area contributed by atoms with Crippen LogP contribution in [0, 0.1) is 0 Å². The second-order valence-corrected chi connectivity index (χ2v) is 7.93. The van der Waals surface area contributed by atoms with Crippen LogP contribution < -0.4 is 19.7 Å². The van der Waals surface area contributed by atoms with E-state index in [0.29, 0.717) is 34.4 Å². The molecule has 3 aromatic carbocycles. The van der Waals surface area contributed by atoms with Gasteiger partial charge >= 0.3 is 0 Å². The van der Waals surface area contributed by atoms with Crippen molar-refractivity contribution < 1.29 is 19.1 Å². The topological polar surface area (TPSA) is 67.9 Å². The molecule has 1 aliphatic heterocycles. The van der Waals surface area contributed by atoms with E-state index >= 15 is 0 Å². The Morgan fingerprint density at radius 3 is 2.31 bits per heavy atom. The van der Waals surface area contributed by atoms with Gasteiger partial charge in [-0.2, -0.15) is 0 Å². The van der Waals surface area contributed by atoms with Crippen molar-refractivity contribution in [3.8, 4) is 11.5 Å². The van der Waals surface area contributed by atoms with Crippen molar-refractivity contribution in [3.05, 3.63) is 89.5 Å². The highest BCUT2D eigenvalue weighted by atomic mass is 32.2. The van der Waals surface area contributed by atoms with Crippen LogP contribution in [0.2, 0.25) is 0 Å². The van der Waals surface area contributed by atoms with Crippen LogP contribution in [-0.4, -0.2) is 25.5 Å². The molecule has 162 valence electrons. The van der Waals surface area contributed by atoms with Crippen molar-refractivity contribution in [2.75, 3.05) is 23.9 Å². The molecule has 0 bridgehead atoms. The Morgan fingerprint density at radius 1 is 0.875 bits per heavy atom. The number of ether oxygens (including phenoxy) is 2. The molecule has 0 aromatic heterocycles. The number of carbonyl (C=O) groups is 2. The molecule has 0 radical (unpaired) electrons. The average molecular weight is 447 g/mol. The summed E-state index contributed by atoms with van der Waals surface area (Å²) in [6.07, 6.45) is 0. The van der Waals surface area contributed by atoms with E-state index in [1.165, 1.54) is 16.7 Å². The van der Waals surface area contributed by atoms with Crippen molar-refractivity contribution in [1.82, 2.24) is 0 Å². The number of benzene rings is 3. The van der Waals surface area contributed by atoms with E-state index < -0.39 is 5.91 Å². The van der Waals surface area contributed by atoms with Gasteiger partial charge in [-0.3, -0.25) is 9.59 Å². The van der Waals surface area contributed by atoms with Crippen molar-refractivity contribution in [1.29, 1.82) is 0 Å². The van der Waals surface area contributed by atoms with Crippen molar-refractivity contribution in [2.24, 2.45) is 0 Å². The molecule has 0 fully saturated rings. The van der Waals surface area contributed by atoms with Gasteiger partial charge in [0.05, 0.1) is 19.4 Å². The van der Waals surface area contributed by atoms with Crippen LogP contribution >= 0.6 is 11.8 Å². The van der Waals surface area contributed by atoms with Crippen LogP contribution in [0.5, 0.6) is 11.5 Å². The van der Waals surface area contributed by atoms with E-state index in [1.54, 1.807) is 37.4 Å². The van der Waals surface area contributed by atoms with Crippen molar-refractivity contribution in [3.63, 3.8) is 0 Å². The molecule has 1 aliphatic rings. The maximum Gasteiger partial charge on any atom is 0.283 e. The Balaban J connectivity index is 1.70. The summed E-state index contributed by atoms with van der Waals surface area (Å²) in [5, 5.41) is 3.14. The third-order valence-electron chi connectivity index (χ3n) is 4.75. The lowest BCUT2D eigenvalue weighted by atomic mass is 10.2. The fourth-order valence-corrected chi connectivity index (χ4v) is 4.21. The summed E-state index contributed by atoms with van der Waals surface area (Å²) in [7, 11) is 1.58. The number of thioether (sulfide) groups is 1. The van der Waals surface area contributed by atoms with Crippen molar-refractivity contribution >= 4 is 35.0 Å². The Hall–Kier alpha value is -3.71. The molecule has 0 saturated heterocycles. The first-order valence-electron chi connectivity index (χ1n) is 10.1. The van der Waals surface area contributed by atoms with E-state index in [9.17, 15) is 9.59 Å². The van der Waals surface area contributed by atoms with Gasteiger partial charge in [-0.1, -0.05) is 36.0 Å². The molecule has 1 heterocycles. The van der Waals surface area contributed by atoms with Gasteiger partial charge in [0.2, 0.25) is 0 Å². The molecule has 0 spiro atoms. The zero-order valence-electron chi connectivity index (χ0n) is 17.7. The number of nitrogens with zero attached hydrogens (tertiary/aromatic N) is 1. The first-order valence-corrected chi connectivity index (χ1v) is 10.9. The van der Waals surface area contributed by atoms with E-state index in [2.05, 4.69) is 5.32 Å². The number of nitrogens with one attached hydrogen (secondary N) is 1. The van der Waals surface area contributed by atoms with E-state index in [1.807, 2.05) is 55.5 Å². The predicted octanol–water partition coefficient (Wildman–Crippen LogP) is 5.08. The molecule has 32 heavy (non-hydrogen) atoms. The maximum atomic E-state index is 13.4. The van der Waals surface area contributed by atoms with Gasteiger partial charge in [-0.25, -0.2) is 4.90 Å². The molecule has 7 heteroatoms. The SMILES string of the molecule is CCOc1ccc(N2C(=O)C(Nc3cccc(OC)c3)=C(Sc3ccccc3)C2=O)cc1. The largest absolute Gasteiger partial charge is 0.497 e. The normalized spacial score (nSPS) is 13.5. The molecule has 0 unspecified atom stereocenters. The molecular formula is C25H22N2O4S. The highest BCUT2D eigenvalue weighted by Gasteiger charge is 2.40. The lowest BCUT2D eigenvalue weighted by Crippen LogP contribution is -2.32. The van der Waals surface area contributed by atoms with Crippen LogP contribution in [0.1, 0.15) is 6.92 Å². The number of hydrogen-bond donors (Lipinski definition) is 1. The van der Waals surface area contributed by atoms with E-state index in [-0.39, 0.29) is 11.6 Å². The first-order chi connectivity index (χ1) is 15.6. The summed E-state index contributed by atoms with van der Waals surface area (Å²) < 4.78 is 10.7. The Labute approximate surface area is 190 Å². The molecule has 0 saturated carbocycles. The minimum atomic E-state index is -0.416. The first kappa shape index (κ1) is 21.5. The number of amides is 2. The maximum absolute atomic E-state index is 13.4. The van der Waals surface area contributed by atoms with Crippen LogP contribution in [-0.2, 0) is 9.59 Å². The predicted molar refractivity (Wildman–Crippen MR) is 126 cm³/mol. The minimum absolute atomic E-state index is 0.228. The highest BCUT2D eigenvalue weighted by Crippen LogP contribution is 2.38. The van der Waals surface area contributed by atoms with Gasteiger partial charge < -0.3 is 14.8 Å². The molecule has 0 atom stereocenters. The summed E-state index contributed by atoms with van der Waals surface area (Å²) in [5.74, 6) is 0.531. The van der Waals surface area contributed by atoms with Gasteiger partial charge in [0.1, 0.15) is 22.1 Å². The number of rotatable bonds is 8. The van der Waals surface area contributed by atoms with Gasteiger partial charge in [0.15, 0.2) is 0 Å². The molecule has 1 N–H and O–H groups in total. The summed E-state index contributed by atoms with van der Waals surface area (Å²) in [6.45, 7) is 2.43. The van der Waals surface area contributed by atoms with Gasteiger partial charge in [-0.05, 0) is 55.5 Å². The summed E-state index contributed by atoms with van der Waals surface area (Å²) in [6, 6.07) is 23.6. The summed E-state index contributed by atoms with van der Waals surface area (Å²) >= 11 is 1.26. The van der Waals surface area contributed by atoms with Crippen LogP contribution in [0.25, 0.3) is 0 Å². The average Bonchev–Trinajstić information content (AvgIpc) is 3.04. The Kier molecular flexibility index (Phi) is 6.47.